The topological polar surface area (TPSA) is 88.5 Å². The highest BCUT2D eigenvalue weighted by molar-refractivity contribution is 5.86. The zero-order valence-electron chi connectivity index (χ0n) is 14.9. The SMILES string of the molecule is [C-]#[N+]CC(N)C1CCN(c2ccc3c(=O)[nH]c(=O)n(C4CC4)c3c2C)C1. The second kappa shape index (κ2) is 6.29. The molecule has 3 N–H and O–H groups in total. The molecule has 0 bridgehead atoms. The van der Waals surface area contributed by atoms with Crippen LogP contribution in [0.2, 0.25) is 0 Å². The van der Waals surface area contributed by atoms with Crippen LogP contribution in [0.15, 0.2) is 21.7 Å². The number of hydrogen-bond donors (Lipinski definition) is 2. The number of fused-ring (bicyclic) bond motifs is 1. The predicted octanol–water partition coefficient (Wildman–Crippen LogP) is 1.41. The van der Waals surface area contributed by atoms with Crippen molar-refractivity contribution in [3.05, 3.63) is 50.0 Å². The van der Waals surface area contributed by atoms with Gasteiger partial charge in [0.1, 0.15) is 0 Å². The number of nitrogens with one attached hydrogen (secondary N) is 1. The van der Waals surface area contributed by atoms with Gasteiger partial charge in [0, 0.05) is 30.7 Å². The fourth-order valence-electron chi connectivity index (χ4n) is 4.14. The Kier molecular flexibility index (Phi) is 4.08. The van der Waals surface area contributed by atoms with E-state index in [1.807, 2.05) is 19.1 Å². The minimum absolute atomic E-state index is 0.106. The number of anilines is 1. The minimum Gasteiger partial charge on any atom is -0.371 e. The molecule has 1 aromatic carbocycles. The lowest BCUT2D eigenvalue weighted by Crippen LogP contribution is -2.35. The van der Waals surface area contributed by atoms with E-state index < -0.39 is 0 Å². The first kappa shape index (κ1) is 16.9. The van der Waals surface area contributed by atoms with Gasteiger partial charge in [0.05, 0.1) is 16.9 Å². The Hall–Kier alpha value is -2.59. The smallest absolute Gasteiger partial charge is 0.329 e. The fraction of sp³-hybridized carbons (Fsp3) is 0.526. The molecule has 7 heteroatoms. The Morgan fingerprint density at radius 2 is 2.12 bits per heavy atom. The second-order valence-corrected chi connectivity index (χ2v) is 7.47. The summed E-state index contributed by atoms with van der Waals surface area (Å²) in [5.74, 6) is 0.295. The molecule has 2 unspecified atom stereocenters. The Balaban J connectivity index is 1.77. The zero-order chi connectivity index (χ0) is 18.4. The summed E-state index contributed by atoms with van der Waals surface area (Å²) in [7, 11) is 0. The summed E-state index contributed by atoms with van der Waals surface area (Å²) in [4.78, 5) is 32.8. The number of benzene rings is 1. The number of nitrogens with zero attached hydrogens (tertiary/aromatic N) is 3. The Labute approximate surface area is 151 Å². The molecule has 1 saturated heterocycles. The van der Waals surface area contributed by atoms with Crippen molar-refractivity contribution < 1.29 is 0 Å². The molecule has 1 aromatic heterocycles. The molecule has 7 nitrogen and oxygen atoms in total. The fourth-order valence-corrected chi connectivity index (χ4v) is 4.14. The van der Waals surface area contributed by atoms with Gasteiger partial charge in [0.2, 0.25) is 6.54 Å². The lowest BCUT2D eigenvalue weighted by Gasteiger charge is -2.23. The van der Waals surface area contributed by atoms with Crippen LogP contribution in [0, 0.1) is 19.4 Å². The highest BCUT2D eigenvalue weighted by atomic mass is 16.2. The maximum absolute atomic E-state index is 12.4. The Bertz CT molecular complexity index is 1010. The Morgan fingerprint density at radius 1 is 1.35 bits per heavy atom. The van der Waals surface area contributed by atoms with Crippen molar-refractivity contribution in [2.45, 2.75) is 38.3 Å². The van der Waals surface area contributed by atoms with Gasteiger partial charge in [0.25, 0.3) is 5.56 Å². The van der Waals surface area contributed by atoms with Gasteiger partial charge in [-0.25, -0.2) is 11.4 Å². The highest BCUT2D eigenvalue weighted by Gasteiger charge is 2.32. The largest absolute Gasteiger partial charge is 0.371 e. The van der Waals surface area contributed by atoms with E-state index in [9.17, 15) is 9.59 Å². The standard InChI is InChI=1S/C19H23N5O2/c1-11-16(23-8-7-12(10-23)15(20)9-21-2)6-5-14-17(11)24(13-3-4-13)19(26)22-18(14)25/h5-6,12-13,15H,3-4,7-10,20H2,1H3,(H,22,25,26). The maximum atomic E-state index is 12.4. The van der Waals surface area contributed by atoms with Crippen molar-refractivity contribution in [1.29, 1.82) is 0 Å². The van der Waals surface area contributed by atoms with Crippen molar-refractivity contribution >= 4 is 16.6 Å². The first-order valence-corrected chi connectivity index (χ1v) is 9.13. The molecule has 2 heterocycles. The minimum atomic E-state index is -0.324. The van der Waals surface area contributed by atoms with Crippen LogP contribution in [0.3, 0.4) is 0 Å². The summed E-state index contributed by atoms with van der Waals surface area (Å²) in [6.45, 7) is 11.0. The monoisotopic (exact) mass is 353 g/mol. The van der Waals surface area contributed by atoms with Gasteiger partial charge < -0.3 is 15.5 Å². The molecular weight excluding hydrogens is 330 g/mol. The summed E-state index contributed by atoms with van der Waals surface area (Å²) in [5.41, 5.74) is 8.28. The van der Waals surface area contributed by atoms with Crippen molar-refractivity contribution in [3.8, 4) is 0 Å². The van der Waals surface area contributed by atoms with E-state index in [-0.39, 0.29) is 23.3 Å². The summed E-state index contributed by atoms with van der Waals surface area (Å²) in [5, 5.41) is 0.568. The van der Waals surface area contributed by atoms with Gasteiger partial charge in [-0.3, -0.25) is 14.3 Å². The van der Waals surface area contributed by atoms with Gasteiger partial charge in [-0.15, -0.1) is 0 Å². The van der Waals surface area contributed by atoms with Gasteiger partial charge in [-0.1, -0.05) is 0 Å². The molecule has 26 heavy (non-hydrogen) atoms. The molecule has 2 fully saturated rings. The molecule has 4 rings (SSSR count). The first-order chi connectivity index (χ1) is 12.5. The number of aryl methyl sites for hydroxylation is 1. The van der Waals surface area contributed by atoms with Gasteiger partial charge in [-0.2, -0.15) is 0 Å². The quantitative estimate of drug-likeness (QED) is 0.814. The van der Waals surface area contributed by atoms with Gasteiger partial charge >= 0.3 is 5.69 Å². The maximum Gasteiger partial charge on any atom is 0.329 e. The molecule has 1 saturated carbocycles. The van der Waals surface area contributed by atoms with Crippen LogP contribution in [0.5, 0.6) is 0 Å². The average molecular weight is 353 g/mol. The van der Waals surface area contributed by atoms with Crippen molar-refractivity contribution in [2.75, 3.05) is 24.5 Å². The zero-order valence-corrected chi connectivity index (χ0v) is 14.9. The number of rotatable bonds is 4. The Morgan fingerprint density at radius 3 is 2.81 bits per heavy atom. The average Bonchev–Trinajstić information content (AvgIpc) is 3.31. The number of hydrogen-bond acceptors (Lipinski definition) is 4. The number of H-pyrrole nitrogens is 1. The van der Waals surface area contributed by atoms with E-state index in [0.717, 1.165) is 49.1 Å². The second-order valence-electron chi connectivity index (χ2n) is 7.47. The van der Waals surface area contributed by atoms with Crippen molar-refractivity contribution in [3.63, 3.8) is 0 Å². The van der Waals surface area contributed by atoms with E-state index in [2.05, 4.69) is 14.7 Å². The van der Waals surface area contributed by atoms with E-state index in [1.165, 1.54) is 0 Å². The molecule has 2 atom stereocenters. The summed E-state index contributed by atoms with van der Waals surface area (Å²) < 4.78 is 1.76. The third-order valence-corrected chi connectivity index (χ3v) is 5.71. The normalized spacial score (nSPS) is 21.1. The van der Waals surface area contributed by atoms with Crippen LogP contribution in [0.4, 0.5) is 5.69 Å². The molecule has 0 amide bonds. The number of aromatic nitrogens is 2. The lowest BCUT2D eigenvalue weighted by atomic mass is 10.00. The van der Waals surface area contributed by atoms with E-state index in [0.29, 0.717) is 17.8 Å². The summed E-state index contributed by atoms with van der Waals surface area (Å²) in [6, 6.07) is 3.87. The predicted molar refractivity (Wildman–Crippen MR) is 102 cm³/mol. The van der Waals surface area contributed by atoms with Crippen molar-refractivity contribution in [2.24, 2.45) is 11.7 Å². The molecule has 1 aliphatic carbocycles. The van der Waals surface area contributed by atoms with E-state index >= 15 is 0 Å². The molecule has 2 aromatic rings. The van der Waals surface area contributed by atoms with Gasteiger partial charge in [-0.05, 0) is 43.9 Å². The summed E-state index contributed by atoms with van der Waals surface area (Å²) in [6.07, 6.45) is 2.91. The molecule has 136 valence electrons. The molecule has 0 spiro atoms. The molecular formula is C19H23N5O2. The third-order valence-electron chi connectivity index (χ3n) is 5.71. The van der Waals surface area contributed by atoms with Gasteiger partial charge in [0.15, 0.2) is 0 Å². The molecule has 0 radical (unpaired) electrons. The first-order valence-electron chi connectivity index (χ1n) is 9.13. The third kappa shape index (κ3) is 2.71. The van der Waals surface area contributed by atoms with Crippen LogP contribution in [0.1, 0.15) is 30.9 Å². The van der Waals surface area contributed by atoms with E-state index in [4.69, 9.17) is 12.3 Å². The van der Waals surface area contributed by atoms with Crippen LogP contribution < -0.4 is 21.9 Å². The number of aromatic amines is 1. The van der Waals surface area contributed by atoms with Crippen molar-refractivity contribution in [1.82, 2.24) is 9.55 Å². The van der Waals surface area contributed by atoms with E-state index in [1.54, 1.807) is 4.57 Å². The number of nitrogens with two attached hydrogens (primary N) is 1. The molecule has 2 aliphatic rings. The van der Waals surface area contributed by atoms with Crippen LogP contribution in [-0.4, -0.2) is 35.2 Å². The van der Waals surface area contributed by atoms with Crippen LogP contribution in [0.25, 0.3) is 15.7 Å². The molecule has 1 aliphatic heterocycles. The lowest BCUT2D eigenvalue weighted by molar-refractivity contribution is 0.480. The summed E-state index contributed by atoms with van der Waals surface area (Å²) >= 11 is 0. The highest BCUT2D eigenvalue weighted by Crippen LogP contribution is 2.38. The van der Waals surface area contributed by atoms with Crippen LogP contribution in [-0.2, 0) is 0 Å². The van der Waals surface area contributed by atoms with Crippen LogP contribution >= 0.6 is 0 Å².